The molecule has 3 aliphatic heterocycles. The number of carbonyl (C=O) groups excluding carboxylic acids is 1. The topological polar surface area (TPSA) is 48.0 Å². The van der Waals surface area contributed by atoms with Crippen LogP contribution in [0.4, 0.5) is 8.78 Å². The second-order valence-electron chi connectivity index (χ2n) is 9.02. The van der Waals surface area contributed by atoms with Crippen molar-refractivity contribution in [1.82, 2.24) is 4.90 Å². The third-order valence-corrected chi connectivity index (χ3v) is 7.00. The third-order valence-electron chi connectivity index (χ3n) is 7.00. The molecule has 2 aromatic carbocycles. The van der Waals surface area contributed by atoms with Crippen LogP contribution in [0.15, 0.2) is 53.7 Å². The standard InChI is InChI=1S/C27H25F2NO4/c28-27(29)34-18-7-5-16(6-8-18)20-14-22-19-15-25-24(32-11-2-12-33-25)13-17(19)9-10-30(22)21-3-1-4-23(31)26(20)21/h5-8,13-15,20,27H,1-4,9-12H2/t20-/m0/s1. The summed E-state index contributed by atoms with van der Waals surface area (Å²) in [5, 5.41) is 0. The number of alkyl halides is 2. The van der Waals surface area contributed by atoms with Crippen molar-refractivity contribution in [3.63, 3.8) is 0 Å². The average Bonchev–Trinajstić information content (AvgIpc) is 3.07. The Morgan fingerprint density at radius 3 is 2.50 bits per heavy atom. The van der Waals surface area contributed by atoms with Crippen molar-refractivity contribution in [3.05, 3.63) is 70.4 Å². The summed E-state index contributed by atoms with van der Waals surface area (Å²) in [7, 11) is 0. The number of hydrogen-bond acceptors (Lipinski definition) is 5. The van der Waals surface area contributed by atoms with E-state index in [0.29, 0.717) is 19.6 Å². The van der Waals surface area contributed by atoms with Gasteiger partial charge in [-0.1, -0.05) is 12.1 Å². The second-order valence-corrected chi connectivity index (χ2v) is 9.02. The zero-order chi connectivity index (χ0) is 23.2. The van der Waals surface area contributed by atoms with E-state index in [-0.39, 0.29) is 17.5 Å². The molecule has 4 aliphatic rings. The SMILES string of the molecule is O=C1CCCC2=C1[C@H](c1ccc(OC(F)F)cc1)C=C1c3cc4c(cc3CCN12)OCCCO4. The molecule has 0 fully saturated rings. The van der Waals surface area contributed by atoms with E-state index in [1.165, 1.54) is 5.56 Å². The Morgan fingerprint density at radius 1 is 0.971 bits per heavy atom. The molecule has 0 radical (unpaired) electrons. The molecule has 5 nitrogen and oxygen atoms in total. The van der Waals surface area contributed by atoms with Gasteiger partial charge in [-0.05, 0) is 60.7 Å². The fourth-order valence-corrected chi connectivity index (χ4v) is 5.49. The number of fused-ring (bicyclic) bond motifs is 5. The van der Waals surface area contributed by atoms with E-state index in [9.17, 15) is 13.6 Å². The zero-order valence-corrected chi connectivity index (χ0v) is 18.7. The molecule has 0 aromatic heterocycles. The summed E-state index contributed by atoms with van der Waals surface area (Å²) in [4.78, 5) is 15.4. The predicted molar refractivity (Wildman–Crippen MR) is 122 cm³/mol. The molecular weight excluding hydrogens is 440 g/mol. The number of ketones is 1. The molecule has 34 heavy (non-hydrogen) atoms. The summed E-state index contributed by atoms with van der Waals surface area (Å²) in [5.74, 6) is 1.58. The molecule has 0 spiro atoms. The van der Waals surface area contributed by atoms with Gasteiger partial charge < -0.3 is 19.1 Å². The first-order valence-electron chi connectivity index (χ1n) is 11.8. The summed E-state index contributed by atoms with van der Waals surface area (Å²) >= 11 is 0. The predicted octanol–water partition coefficient (Wildman–Crippen LogP) is 5.45. The Kier molecular flexibility index (Phi) is 5.27. The van der Waals surface area contributed by atoms with E-state index in [1.807, 2.05) is 0 Å². The fraction of sp³-hybridized carbons (Fsp3) is 0.370. The monoisotopic (exact) mass is 465 g/mol. The molecule has 0 saturated carbocycles. The van der Waals surface area contributed by atoms with Crippen molar-refractivity contribution in [2.75, 3.05) is 19.8 Å². The minimum atomic E-state index is -2.87. The number of allylic oxidation sites excluding steroid dienone is 3. The first-order valence-corrected chi connectivity index (χ1v) is 11.8. The van der Waals surface area contributed by atoms with Gasteiger partial charge in [-0.3, -0.25) is 4.79 Å². The number of carbonyl (C=O) groups is 1. The van der Waals surface area contributed by atoms with Crippen molar-refractivity contribution in [2.45, 2.75) is 44.6 Å². The lowest BCUT2D eigenvalue weighted by atomic mass is 9.77. The van der Waals surface area contributed by atoms with Crippen LogP contribution in [0.5, 0.6) is 17.2 Å². The fourth-order valence-electron chi connectivity index (χ4n) is 5.49. The Bertz CT molecular complexity index is 1200. The summed E-state index contributed by atoms with van der Waals surface area (Å²) in [6, 6.07) is 10.8. The molecule has 7 heteroatoms. The van der Waals surface area contributed by atoms with E-state index >= 15 is 0 Å². The van der Waals surface area contributed by atoms with Gasteiger partial charge in [0.15, 0.2) is 17.3 Å². The highest BCUT2D eigenvalue weighted by Crippen LogP contribution is 2.48. The maximum atomic E-state index is 13.1. The van der Waals surface area contributed by atoms with Crippen molar-refractivity contribution < 1.29 is 27.8 Å². The highest BCUT2D eigenvalue weighted by molar-refractivity contribution is 6.00. The van der Waals surface area contributed by atoms with E-state index in [4.69, 9.17) is 9.47 Å². The van der Waals surface area contributed by atoms with Gasteiger partial charge in [-0.25, -0.2) is 0 Å². The number of halogens is 2. The largest absolute Gasteiger partial charge is 0.490 e. The molecule has 3 heterocycles. The van der Waals surface area contributed by atoms with Crippen LogP contribution in [0.2, 0.25) is 0 Å². The lowest BCUT2D eigenvalue weighted by Crippen LogP contribution is -2.36. The van der Waals surface area contributed by atoms with Crippen LogP contribution in [0, 0.1) is 0 Å². The first kappa shape index (κ1) is 21.2. The second kappa shape index (κ2) is 8.46. The Balaban J connectivity index is 1.45. The molecule has 0 amide bonds. The number of benzene rings is 2. The number of Topliss-reactive ketones (excluding diaryl/α,β-unsaturated/α-hetero) is 1. The molecule has 0 N–H and O–H groups in total. The maximum Gasteiger partial charge on any atom is 0.387 e. The average molecular weight is 465 g/mol. The maximum absolute atomic E-state index is 13.1. The van der Waals surface area contributed by atoms with Crippen molar-refractivity contribution >= 4 is 11.5 Å². The Labute approximate surface area is 196 Å². The quantitative estimate of drug-likeness (QED) is 0.603. The molecule has 1 atom stereocenters. The van der Waals surface area contributed by atoms with Gasteiger partial charge >= 0.3 is 6.61 Å². The van der Waals surface area contributed by atoms with E-state index in [0.717, 1.165) is 71.8 Å². The summed E-state index contributed by atoms with van der Waals surface area (Å²) in [6.45, 7) is -0.802. The highest BCUT2D eigenvalue weighted by atomic mass is 19.3. The molecule has 0 saturated heterocycles. The summed E-state index contributed by atoms with van der Waals surface area (Å²) < 4.78 is 41.6. The van der Waals surface area contributed by atoms with Gasteiger partial charge in [0.1, 0.15) is 5.75 Å². The molecule has 0 unspecified atom stereocenters. The Morgan fingerprint density at radius 2 is 1.74 bits per heavy atom. The molecule has 6 rings (SSSR count). The van der Waals surface area contributed by atoms with Gasteiger partial charge in [-0.15, -0.1) is 0 Å². The number of ether oxygens (including phenoxy) is 3. The van der Waals surface area contributed by atoms with Gasteiger partial charge in [0, 0.05) is 47.8 Å². The molecule has 0 bridgehead atoms. The number of rotatable bonds is 3. The molecule has 1 aliphatic carbocycles. The van der Waals surface area contributed by atoms with Crippen molar-refractivity contribution in [1.29, 1.82) is 0 Å². The number of hydrogen-bond donors (Lipinski definition) is 0. The van der Waals surface area contributed by atoms with E-state index in [1.54, 1.807) is 24.3 Å². The molecular formula is C27H25F2NO4. The van der Waals surface area contributed by atoms with Crippen LogP contribution in [0.25, 0.3) is 5.70 Å². The third kappa shape index (κ3) is 3.63. The van der Waals surface area contributed by atoms with Crippen LogP contribution >= 0.6 is 0 Å². The lowest BCUT2D eigenvalue weighted by molar-refractivity contribution is -0.116. The minimum Gasteiger partial charge on any atom is -0.490 e. The van der Waals surface area contributed by atoms with Crippen LogP contribution < -0.4 is 14.2 Å². The van der Waals surface area contributed by atoms with Gasteiger partial charge in [0.05, 0.1) is 13.2 Å². The smallest absolute Gasteiger partial charge is 0.387 e. The van der Waals surface area contributed by atoms with Crippen molar-refractivity contribution in [3.8, 4) is 17.2 Å². The molecule has 2 aromatic rings. The summed E-state index contributed by atoms with van der Waals surface area (Å²) in [6.07, 6.45) is 6.07. The minimum absolute atomic E-state index is 0.107. The van der Waals surface area contributed by atoms with Gasteiger partial charge in [0.2, 0.25) is 0 Å². The lowest BCUT2D eigenvalue weighted by Gasteiger charge is -2.43. The van der Waals surface area contributed by atoms with Gasteiger partial charge in [-0.2, -0.15) is 8.78 Å². The Hall–Kier alpha value is -3.35. The first-order chi connectivity index (χ1) is 16.6. The van der Waals surface area contributed by atoms with Crippen molar-refractivity contribution in [2.24, 2.45) is 0 Å². The highest BCUT2D eigenvalue weighted by Gasteiger charge is 2.38. The van der Waals surface area contributed by atoms with E-state index in [2.05, 4.69) is 27.8 Å². The zero-order valence-electron chi connectivity index (χ0n) is 18.7. The van der Waals surface area contributed by atoms with Crippen LogP contribution in [-0.2, 0) is 11.2 Å². The molecule has 176 valence electrons. The van der Waals surface area contributed by atoms with Crippen LogP contribution in [0.3, 0.4) is 0 Å². The van der Waals surface area contributed by atoms with Crippen LogP contribution in [-0.4, -0.2) is 37.1 Å². The van der Waals surface area contributed by atoms with Crippen LogP contribution in [0.1, 0.15) is 48.3 Å². The van der Waals surface area contributed by atoms with E-state index < -0.39 is 6.61 Å². The van der Waals surface area contributed by atoms with Gasteiger partial charge in [0.25, 0.3) is 0 Å². The summed E-state index contributed by atoms with van der Waals surface area (Å²) in [5.41, 5.74) is 6.18. The normalized spacial score (nSPS) is 21.4. The number of nitrogens with zero attached hydrogens (tertiary/aromatic N) is 1.